The molecule has 6 nitrogen and oxygen atoms in total. The van der Waals surface area contributed by atoms with E-state index in [1.807, 2.05) is 32.0 Å². The van der Waals surface area contributed by atoms with Gasteiger partial charge in [0.15, 0.2) is 0 Å². The zero-order valence-electron chi connectivity index (χ0n) is 18.8. The highest BCUT2D eigenvalue weighted by Crippen LogP contribution is 2.39. The van der Waals surface area contributed by atoms with Crippen LogP contribution in [0.4, 0.5) is 0 Å². The number of Topliss-reactive ketones (excluding diaryl/α,β-unsaturated/α-hetero) is 1. The standard InChI is InChI=1S/C25H31N3O3/c1-5-27(6-2)14-7-15-28-22(19-10-12-26-13-11-19)21(24(30)25(28)31)23(29)20-16-17(3)8-9-18(20)4/h8-13,16,22,29H,5-7,14-15H2,1-4H3/t22-/m1/s1. The molecule has 6 heteroatoms. The minimum Gasteiger partial charge on any atom is -0.507 e. The first-order chi connectivity index (χ1) is 14.9. The molecular formula is C25H31N3O3. The van der Waals surface area contributed by atoms with E-state index in [9.17, 15) is 14.7 Å². The third-order valence-corrected chi connectivity index (χ3v) is 5.98. The predicted molar refractivity (Wildman–Crippen MR) is 122 cm³/mol. The lowest BCUT2D eigenvalue weighted by atomic mass is 9.93. The average molecular weight is 422 g/mol. The molecule has 3 rings (SSSR count). The molecule has 1 N–H and O–H groups in total. The van der Waals surface area contributed by atoms with Gasteiger partial charge in [0.25, 0.3) is 11.7 Å². The number of carbonyl (C=O) groups excluding carboxylic acids is 2. The van der Waals surface area contributed by atoms with Crippen LogP contribution in [0.2, 0.25) is 0 Å². The van der Waals surface area contributed by atoms with Gasteiger partial charge in [0, 0.05) is 24.5 Å². The first-order valence-electron chi connectivity index (χ1n) is 10.9. The van der Waals surface area contributed by atoms with Crippen LogP contribution in [-0.2, 0) is 9.59 Å². The third kappa shape index (κ3) is 4.69. The number of nitrogens with zero attached hydrogens (tertiary/aromatic N) is 3. The Balaban J connectivity index is 2.04. The molecule has 1 atom stereocenters. The second kappa shape index (κ2) is 9.88. The number of aromatic nitrogens is 1. The van der Waals surface area contributed by atoms with Crippen LogP contribution < -0.4 is 0 Å². The van der Waals surface area contributed by atoms with Crippen LogP contribution in [0.1, 0.15) is 48.6 Å². The quantitative estimate of drug-likeness (QED) is 0.398. The van der Waals surface area contributed by atoms with E-state index in [2.05, 4.69) is 23.7 Å². The zero-order valence-corrected chi connectivity index (χ0v) is 18.8. The third-order valence-electron chi connectivity index (χ3n) is 5.98. The Hall–Kier alpha value is -2.99. The predicted octanol–water partition coefficient (Wildman–Crippen LogP) is 3.85. The maximum Gasteiger partial charge on any atom is 0.295 e. The average Bonchev–Trinajstić information content (AvgIpc) is 3.03. The summed E-state index contributed by atoms with van der Waals surface area (Å²) in [6.07, 6.45) is 4.03. The number of ketones is 1. The lowest BCUT2D eigenvalue weighted by Crippen LogP contribution is -2.33. The van der Waals surface area contributed by atoms with Crippen LogP contribution in [-0.4, -0.2) is 57.8 Å². The molecule has 1 amide bonds. The van der Waals surface area contributed by atoms with Crippen molar-refractivity contribution in [3.8, 4) is 0 Å². The number of carbonyl (C=O) groups is 2. The highest BCUT2D eigenvalue weighted by molar-refractivity contribution is 6.46. The highest BCUT2D eigenvalue weighted by atomic mass is 16.3. The molecule has 0 bridgehead atoms. The Kier molecular flexibility index (Phi) is 7.23. The molecule has 2 heterocycles. The van der Waals surface area contributed by atoms with Gasteiger partial charge in [0.2, 0.25) is 0 Å². The van der Waals surface area contributed by atoms with Crippen LogP contribution in [0.15, 0.2) is 48.3 Å². The summed E-state index contributed by atoms with van der Waals surface area (Å²) in [4.78, 5) is 34.0. The molecule has 1 aliphatic heterocycles. The summed E-state index contributed by atoms with van der Waals surface area (Å²) in [5, 5.41) is 11.2. The number of benzene rings is 1. The van der Waals surface area contributed by atoms with Crippen molar-refractivity contribution in [2.75, 3.05) is 26.2 Å². The van der Waals surface area contributed by atoms with Gasteiger partial charge in [-0.3, -0.25) is 14.6 Å². The second-order valence-corrected chi connectivity index (χ2v) is 7.97. The van der Waals surface area contributed by atoms with E-state index < -0.39 is 17.7 Å². The summed E-state index contributed by atoms with van der Waals surface area (Å²) < 4.78 is 0. The van der Waals surface area contributed by atoms with Gasteiger partial charge in [-0.15, -0.1) is 0 Å². The van der Waals surface area contributed by atoms with E-state index in [0.29, 0.717) is 12.1 Å². The number of hydrogen-bond donors (Lipinski definition) is 1. The number of pyridine rings is 1. The van der Waals surface area contributed by atoms with E-state index in [1.165, 1.54) is 0 Å². The van der Waals surface area contributed by atoms with Gasteiger partial charge < -0.3 is 14.9 Å². The Labute approximate surface area is 184 Å². The Morgan fingerprint density at radius 1 is 1.10 bits per heavy atom. The molecule has 0 aliphatic carbocycles. The molecule has 0 unspecified atom stereocenters. The van der Waals surface area contributed by atoms with Crippen LogP contribution in [0.3, 0.4) is 0 Å². The monoisotopic (exact) mass is 421 g/mol. The summed E-state index contributed by atoms with van der Waals surface area (Å²) >= 11 is 0. The smallest absolute Gasteiger partial charge is 0.295 e. The van der Waals surface area contributed by atoms with E-state index in [4.69, 9.17) is 0 Å². The summed E-state index contributed by atoms with van der Waals surface area (Å²) in [6.45, 7) is 11.2. The molecule has 1 saturated heterocycles. The lowest BCUT2D eigenvalue weighted by Gasteiger charge is -2.26. The van der Waals surface area contributed by atoms with E-state index >= 15 is 0 Å². The molecule has 0 saturated carbocycles. The van der Waals surface area contributed by atoms with Crippen molar-refractivity contribution in [2.24, 2.45) is 0 Å². The maximum atomic E-state index is 13.1. The zero-order chi connectivity index (χ0) is 22.5. The minimum atomic E-state index is -0.636. The van der Waals surface area contributed by atoms with E-state index in [1.54, 1.807) is 29.4 Å². The van der Waals surface area contributed by atoms with Gasteiger partial charge in [-0.1, -0.05) is 31.5 Å². The SMILES string of the molecule is CCN(CC)CCCN1C(=O)C(=O)C(=C(O)c2cc(C)ccc2C)[C@H]1c1ccncc1. The van der Waals surface area contributed by atoms with E-state index in [0.717, 1.165) is 42.7 Å². The maximum absolute atomic E-state index is 13.1. The van der Waals surface area contributed by atoms with Gasteiger partial charge in [-0.25, -0.2) is 0 Å². The number of rotatable bonds is 8. The van der Waals surface area contributed by atoms with Crippen molar-refractivity contribution >= 4 is 17.4 Å². The summed E-state index contributed by atoms with van der Waals surface area (Å²) in [5.41, 5.74) is 3.32. The van der Waals surface area contributed by atoms with Gasteiger partial charge in [-0.2, -0.15) is 0 Å². The van der Waals surface area contributed by atoms with Gasteiger partial charge in [-0.05, 0) is 69.2 Å². The molecule has 1 fully saturated rings. The Bertz CT molecular complexity index is 981. The number of hydrogen-bond acceptors (Lipinski definition) is 5. The largest absolute Gasteiger partial charge is 0.507 e. The normalized spacial score (nSPS) is 18.2. The molecular weight excluding hydrogens is 390 g/mol. The van der Waals surface area contributed by atoms with Crippen molar-refractivity contribution in [2.45, 2.75) is 40.2 Å². The van der Waals surface area contributed by atoms with Crippen LogP contribution in [0, 0.1) is 13.8 Å². The Morgan fingerprint density at radius 3 is 2.42 bits per heavy atom. The second-order valence-electron chi connectivity index (χ2n) is 7.97. The van der Waals surface area contributed by atoms with Crippen molar-refractivity contribution in [3.05, 3.63) is 70.6 Å². The topological polar surface area (TPSA) is 73.7 Å². The molecule has 1 aromatic carbocycles. The van der Waals surface area contributed by atoms with Crippen molar-refractivity contribution in [1.29, 1.82) is 0 Å². The molecule has 0 radical (unpaired) electrons. The molecule has 31 heavy (non-hydrogen) atoms. The number of aliphatic hydroxyl groups excluding tert-OH is 1. The highest BCUT2D eigenvalue weighted by Gasteiger charge is 2.45. The molecule has 1 aromatic heterocycles. The van der Waals surface area contributed by atoms with Gasteiger partial charge >= 0.3 is 0 Å². The van der Waals surface area contributed by atoms with Crippen LogP contribution in [0.25, 0.3) is 5.76 Å². The van der Waals surface area contributed by atoms with Crippen molar-refractivity contribution in [3.63, 3.8) is 0 Å². The summed E-state index contributed by atoms with van der Waals surface area (Å²) in [6, 6.07) is 8.68. The summed E-state index contributed by atoms with van der Waals surface area (Å²) in [5.74, 6) is -1.32. The van der Waals surface area contributed by atoms with Crippen molar-refractivity contribution in [1.82, 2.24) is 14.8 Å². The van der Waals surface area contributed by atoms with Crippen molar-refractivity contribution < 1.29 is 14.7 Å². The number of aliphatic hydroxyl groups is 1. The summed E-state index contributed by atoms with van der Waals surface area (Å²) in [7, 11) is 0. The van der Waals surface area contributed by atoms with E-state index in [-0.39, 0.29) is 11.3 Å². The fourth-order valence-electron chi connectivity index (χ4n) is 4.14. The number of likely N-dealkylation sites (tertiary alicyclic amines) is 1. The fraction of sp³-hybridized carbons (Fsp3) is 0.400. The fourth-order valence-corrected chi connectivity index (χ4v) is 4.14. The first-order valence-corrected chi connectivity index (χ1v) is 10.9. The molecule has 1 aliphatic rings. The van der Waals surface area contributed by atoms with Crippen LogP contribution >= 0.6 is 0 Å². The minimum absolute atomic E-state index is 0.118. The molecule has 0 spiro atoms. The van der Waals surface area contributed by atoms with Gasteiger partial charge in [0.05, 0.1) is 11.6 Å². The first kappa shape index (κ1) is 22.7. The molecule has 164 valence electrons. The van der Waals surface area contributed by atoms with Crippen LogP contribution in [0.5, 0.6) is 0 Å². The van der Waals surface area contributed by atoms with Gasteiger partial charge in [0.1, 0.15) is 5.76 Å². The number of amides is 1. The Morgan fingerprint density at radius 2 is 1.77 bits per heavy atom. The molecule has 2 aromatic rings. The number of aryl methyl sites for hydroxylation is 2. The lowest BCUT2D eigenvalue weighted by molar-refractivity contribution is -0.140.